The van der Waals surface area contributed by atoms with Gasteiger partial charge in [0.15, 0.2) is 0 Å². The number of sulfonamides is 1. The summed E-state index contributed by atoms with van der Waals surface area (Å²) >= 11 is 0. The van der Waals surface area contributed by atoms with E-state index in [2.05, 4.69) is 21.9 Å². The lowest BCUT2D eigenvalue weighted by molar-refractivity contribution is -0.157. The Morgan fingerprint density at radius 1 is 1.09 bits per heavy atom. The predicted octanol–water partition coefficient (Wildman–Crippen LogP) is 1.12. The van der Waals surface area contributed by atoms with Crippen molar-refractivity contribution in [2.75, 3.05) is 13.1 Å². The number of hydrogen-bond acceptors (Lipinski definition) is 12. The van der Waals surface area contributed by atoms with E-state index in [0.717, 1.165) is 4.90 Å². The van der Waals surface area contributed by atoms with E-state index in [9.17, 15) is 46.4 Å². The molecule has 3 saturated heterocycles. The molecule has 1 aromatic rings. The van der Waals surface area contributed by atoms with Crippen LogP contribution in [0.3, 0.4) is 0 Å². The first kappa shape index (κ1) is 40.9. The molecule has 6 aliphatic rings. The minimum atomic E-state index is -4.00. The van der Waals surface area contributed by atoms with Gasteiger partial charge in [0, 0.05) is 37.3 Å². The van der Waals surface area contributed by atoms with Crippen molar-refractivity contribution in [3.63, 3.8) is 0 Å². The molecule has 3 N–H and O–H groups in total. The first-order valence-corrected chi connectivity index (χ1v) is 20.9. The lowest BCUT2D eigenvalue weighted by Gasteiger charge is -2.31. The quantitative estimate of drug-likeness (QED) is 0.153. The third-order valence-corrected chi connectivity index (χ3v) is 13.1. The van der Waals surface area contributed by atoms with Gasteiger partial charge in [-0.1, -0.05) is 18.2 Å². The molecule has 4 aliphatic heterocycles. The van der Waals surface area contributed by atoms with Crippen LogP contribution in [0, 0.1) is 11.7 Å². The number of carbonyl (C=O) groups is 7. The summed E-state index contributed by atoms with van der Waals surface area (Å²) in [5.41, 5.74) is -1.76. The molecule has 2 saturated carbocycles. The van der Waals surface area contributed by atoms with E-state index in [1.165, 1.54) is 28.0 Å². The van der Waals surface area contributed by atoms with Crippen molar-refractivity contribution < 1.29 is 60.6 Å². The molecule has 1 aromatic carbocycles. The number of amides is 6. The normalized spacial score (nSPS) is 27.6. The third kappa shape index (κ3) is 8.33. The topological polar surface area (TPSA) is 227 Å². The molecular weight excluding hydrogens is 784 g/mol. The maximum Gasteiger partial charge on any atom is 0.410 e. The molecule has 20 heteroatoms. The Morgan fingerprint density at radius 2 is 1.83 bits per heavy atom. The summed E-state index contributed by atoms with van der Waals surface area (Å²) in [6.45, 7) is 8.35. The Labute approximate surface area is 334 Å². The van der Waals surface area contributed by atoms with Crippen molar-refractivity contribution in [2.45, 2.75) is 126 Å². The number of carbonyl (C=O) groups excluding carboxylic acids is 7. The molecule has 314 valence electrons. The van der Waals surface area contributed by atoms with Crippen LogP contribution in [0.1, 0.15) is 76.8 Å². The number of likely N-dealkylation sites (tertiary alicyclic amines) is 2. The second-order valence-corrected chi connectivity index (χ2v) is 18.7. The zero-order chi connectivity index (χ0) is 41.9. The maximum absolute atomic E-state index is 14.6. The minimum Gasteiger partial charge on any atom is -0.459 e. The van der Waals surface area contributed by atoms with Gasteiger partial charge < -0.3 is 34.6 Å². The molecule has 2 bridgehead atoms. The van der Waals surface area contributed by atoms with Gasteiger partial charge in [-0.15, -0.1) is 6.58 Å². The Balaban J connectivity index is 1.12. The highest BCUT2D eigenvalue weighted by Gasteiger charge is 2.62. The molecule has 4 heterocycles. The molecule has 0 spiro atoms. The Morgan fingerprint density at radius 3 is 2.45 bits per heavy atom. The van der Waals surface area contributed by atoms with E-state index in [0.29, 0.717) is 30.4 Å². The van der Waals surface area contributed by atoms with Gasteiger partial charge in [-0.2, -0.15) is 0 Å². The van der Waals surface area contributed by atoms with E-state index in [4.69, 9.17) is 14.2 Å². The molecule has 58 heavy (non-hydrogen) atoms. The molecule has 2 aliphatic carbocycles. The number of nitrogens with zero attached hydrogens (tertiary/aromatic N) is 3. The standard InChI is InChI=1S/C38H47FN6O12S/c1-5-21-15-38(21,34(50)42-58(53,54)24-9-10-24)41-31(47)28-13-23(56-36(52)43-16-20-7-6-8-26(39)25(20)19-43)18-45(28)32(48)27(40-35(51)57-37(2,3)4)11-12-30(46)44-17-22-14-29(44)33(49)55-22/h5-8,21-24,27-29H,1,9-19H2,2-4H3,(H,40,51)(H,41,47)(H,42,50)/t21?,22-,23?,27-,28-,29-,38+/m0/s1. The van der Waals surface area contributed by atoms with Crippen LogP contribution in [-0.2, 0) is 61.3 Å². The molecule has 0 aromatic heterocycles. The molecule has 6 amide bonds. The van der Waals surface area contributed by atoms with Crippen molar-refractivity contribution in [1.29, 1.82) is 0 Å². The lowest BCUT2D eigenvalue weighted by Crippen LogP contribution is -2.58. The van der Waals surface area contributed by atoms with E-state index < -0.39 is 110 Å². The summed E-state index contributed by atoms with van der Waals surface area (Å²) in [5, 5.41) is 4.44. The summed E-state index contributed by atoms with van der Waals surface area (Å²) < 4.78 is 58.4. The molecule has 0 radical (unpaired) electrons. The molecule has 5 fully saturated rings. The van der Waals surface area contributed by atoms with Crippen molar-refractivity contribution in [2.24, 2.45) is 5.92 Å². The fraction of sp³-hybridized carbons (Fsp3) is 0.605. The molecular formula is C38H47FN6O12S. The maximum atomic E-state index is 14.6. The van der Waals surface area contributed by atoms with Crippen LogP contribution in [0.4, 0.5) is 14.0 Å². The molecule has 18 nitrogen and oxygen atoms in total. The Bertz CT molecular complexity index is 2060. The third-order valence-electron chi connectivity index (χ3n) is 11.3. The number of alkyl carbamates (subject to hydrolysis) is 1. The van der Waals surface area contributed by atoms with Crippen molar-refractivity contribution in [3.8, 4) is 0 Å². The average Bonchev–Trinajstić information content (AvgIpc) is 3.90. The summed E-state index contributed by atoms with van der Waals surface area (Å²) in [5.74, 6) is -4.79. The summed E-state index contributed by atoms with van der Waals surface area (Å²) in [4.78, 5) is 98.1. The Kier molecular flexibility index (Phi) is 10.7. The van der Waals surface area contributed by atoms with Crippen LogP contribution >= 0.6 is 0 Å². The minimum absolute atomic E-state index is 0.0241. The van der Waals surface area contributed by atoms with Gasteiger partial charge in [-0.25, -0.2) is 27.2 Å². The number of morpholine rings is 1. The monoisotopic (exact) mass is 830 g/mol. The van der Waals surface area contributed by atoms with Gasteiger partial charge in [-0.3, -0.25) is 28.8 Å². The SMILES string of the molecule is C=CC1C[C@]1(NC(=O)[C@@H]1CC(OC(=O)N2Cc3cccc(F)c3C2)CN1C(=O)[C@H](CCC(=O)N1C[C@@H]2C[C@H]1C(=O)O2)NC(=O)OC(C)(C)C)C(=O)NS(=O)(=O)C1CC1. The van der Waals surface area contributed by atoms with Crippen LogP contribution in [-0.4, -0.2) is 125 Å². The highest BCUT2D eigenvalue weighted by atomic mass is 32.2. The van der Waals surface area contributed by atoms with Crippen LogP contribution in [0.2, 0.25) is 0 Å². The van der Waals surface area contributed by atoms with Gasteiger partial charge in [0.05, 0.1) is 24.9 Å². The van der Waals surface area contributed by atoms with Gasteiger partial charge in [0.2, 0.25) is 27.7 Å². The second kappa shape index (κ2) is 15.2. The number of rotatable bonds is 12. The fourth-order valence-electron chi connectivity index (χ4n) is 8.06. The molecule has 2 unspecified atom stereocenters. The Hall–Kier alpha value is -5.27. The number of fused-ring (bicyclic) bond motifs is 3. The van der Waals surface area contributed by atoms with E-state index in [1.807, 2.05) is 0 Å². The molecule has 7 atom stereocenters. The van der Waals surface area contributed by atoms with Gasteiger partial charge in [0.1, 0.15) is 47.3 Å². The van der Waals surface area contributed by atoms with E-state index in [-0.39, 0.29) is 51.9 Å². The molecule has 7 rings (SSSR count). The van der Waals surface area contributed by atoms with E-state index >= 15 is 0 Å². The van der Waals surface area contributed by atoms with Gasteiger partial charge >= 0.3 is 18.2 Å². The van der Waals surface area contributed by atoms with Crippen LogP contribution in [0.5, 0.6) is 0 Å². The summed E-state index contributed by atoms with van der Waals surface area (Å²) in [6.07, 6.45) is -1.65. The number of benzene rings is 1. The fourth-order valence-corrected chi connectivity index (χ4v) is 9.43. The van der Waals surface area contributed by atoms with Crippen LogP contribution in [0.25, 0.3) is 0 Å². The first-order valence-electron chi connectivity index (χ1n) is 19.3. The number of halogens is 1. The van der Waals surface area contributed by atoms with Gasteiger partial charge in [0.25, 0.3) is 5.91 Å². The van der Waals surface area contributed by atoms with Crippen molar-refractivity contribution in [3.05, 3.63) is 47.8 Å². The summed E-state index contributed by atoms with van der Waals surface area (Å²) in [7, 11) is -4.00. The van der Waals surface area contributed by atoms with Crippen molar-refractivity contribution >= 4 is 51.8 Å². The average molecular weight is 831 g/mol. The predicted molar refractivity (Wildman–Crippen MR) is 198 cm³/mol. The zero-order valence-electron chi connectivity index (χ0n) is 32.4. The van der Waals surface area contributed by atoms with Crippen molar-refractivity contribution in [1.82, 2.24) is 30.1 Å². The highest BCUT2D eigenvalue weighted by Crippen LogP contribution is 2.45. The number of nitrogens with one attached hydrogen (secondary N) is 3. The first-order chi connectivity index (χ1) is 27.3. The zero-order valence-corrected chi connectivity index (χ0v) is 33.2. The second-order valence-electron chi connectivity index (χ2n) is 16.8. The number of esters is 1. The van der Waals surface area contributed by atoms with Gasteiger partial charge in [-0.05, 0) is 58.1 Å². The van der Waals surface area contributed by atoms with Crippen LogP contribution in [0.15, 0.2) is 30.9 Å². The number of hydrogen-bond donors (Lipinski definition) is 3. The van der Waals surface area contributed by atoms with E-state index in [1.54, 1.807) is 26.8 Å². The summed E-state index contributed by atoms with van der Waals surface area (Å²) in [6, 6.07) is 0.849. The highest BCUT2D eigenvalue weighted by molar-refractivity contribution is 7.91. The lowest BCUT2D eigenvalue weighted by atomic mass is 10.1. The smallest absolute Gasteiger partial charge is 0.410 e. The largest absolute Gasteiger partial charge is 0.459 e. The van der Waals surface area contributed by atoms with Crippen LogP contribution < -0.4 is 15.4 Å². The number of ether oxygens (including phenoxy) is 3.